The minimum Gasteiger partial charge on any atom is -0.375 e. The van der Waals surface area contributed by atoms with Crippen molar-refractivity contribution >= 4 is 34.6 Å². The molecule has 4 aromatic rings. The van der Waals surface area contributed by atoms with Crippen LogP contribution in [0.4, 0.5) is 11.4 Å². The fourth-order valence-electron chi connectivity index (χ4n) is 4.95. The van der Waals surface area contributed by atoms with Crippen LogP contribution >= 0.6 is 12.2 Å². The first-order valence-corrected chi connectivity index (χ1v) is 12.4. The number of methoxy groups -OCH3 is 1. The number of ether oxygens (including phenoxy) is 1. The fourth-order valence-corrected chi connectivity index (χ4v) is 5.30. The highest BCUT2D eigenvalue weighted by Gasteiger charge is 2.42. The van der Waals surface area contributed by atoms with Gasteiger partial charge in [-0.05, 0) is 86.2 Å². The normalized spacial score (nSPS) is 17.1. The second-order valence-corrected chi connectivity index (χ2v) is 9.28. The molecule has 1 fully saturated rings. The maximum atomic E-state index is 11.9. The average molecular weight is 513 g/mol. The van der Waals surface area contributed by atoms with Crippen LogP contribution in [-0.2, 0) is 9.53 Å². The number of hydrogen-bond donors (Lipinski definition) is 2. The smallest absolute Gasteiger partial charge is 0.250 e. The van der Waals surface area contributed by atoms with E-state index >= 15 is 0 Å². The number of hydrogen-bond acceptors (Lipinski definition) is 5. The highest BCUT2D eigenvalue weighted by molar-refractivity contribution is 7.80. The Labute approximate surface area is 221 Å². The van der Waals surface area contributed by atoms with Gasteiger partial charge in [0, 0.05) is 42.3 Å². The molecule has 9 heteroatoms. The Kier molecular flexibility index (Phi) is 6.98. The van der Waals surface area contributed by atoms with Gasteiger partial charge in [-0.25, -0.2) is 0 Å². The summed E-state index contributed by atoms with van der Waals surface area (Å²) in [6.45, 7) is 4.23. The minimum absolute atomic E-state index is 0.00225. The second-order valence-electron chi connectivity index (χ2n) is 8.90. The van der Waals surface area contributed by atoms with E-state index in [1.54, 1.807) is 12.4 Å². The zero-order valence-electron chi connectivity index (χ0n) is 20.9. The van der Waals surface area contributed by atoms with E-state index in [4.69, 9.17) is 17.0 Å². The third kappa shape index (κ3) is 4.83. The number of carbonyl (C=O) groups is 1. The summed E-state index contributed by atoms with van der Waals surface area (Å²) in [6.07, 6.45) is 5.44. The molecule has 1 aliphatic heterocycles. The Morgan fingerprint density at radius 2 is 1.89 bits per heavy atom. The summed E-state index contributed by atoms with van der Waals surface area (Å²) >= 11 is 5.87. The third-order valence-electron chi connectivity index (χ3n) is 6.50. The molecule has 2 atom stereocenters. The molecule has 188 valence electrons. The standard InChI is InChI=1S/C28H28N6O2S/c1-18-15-23(19(2)33(18)22-7-6-13-29-16-22)27-26(24-8-4-5-14-30-24)32-28(37)34(27)21-11-9-20(10-12-21)31-25(35)17-36-3/h4-16,26-27H,17H2,1-3H3,(H,31,35)(H,32,37)/t26-,27+/m0/s1. The molecule has 1 saturated heterocycles. The van der Waals surface area contributed by atoms with E-state index in [0.29, 0.717) is 10.8 Å². The molecule has 0 spiro atoms. The number of amides is 1. The quantitative estimate of drug-likeness (QED) is 0.349. The van der Waals surface area contributed by atoms with E-state index in [1.165, 1.54) is 7.11 Å². The van der Waals surface area contributed by atoms with Crippen LogP contribution in [0.2, 0.25) is 0 Å². The number of anilines is 2. The molecule has 5 rings (SSSR count). The van der Waals surface area contributed by atoms with Crippen LogP contribution in [0.5, 0.6) is 0 Å². The van der Waals surface area contributed by atoms with Gasteiger partial charge >= 0.3 is 0 Å². The van der Waals surface area contributed by atoms with Crippen LogP contribution in [0.1, 0.15) is 34.7 Å². The van der Waals surface area contributed by atoms with Crippen LogP contribution in [0.25, 0.3) is 5.69 Å². The van der Waals surface area contributed by atoms with Gasteiger partial charge in [0.15, 0.2) is 5.11 Å². The summed E-state index contributed by atoms with van der Waals surface area (Å²) in [4.78, 5) is 23.0. The van der Waals surface area contributed by atoms with E-state index < -0.39 is 0 Å². The lowest BCUT2D eigenvalue weighted by molar-refractivity contribution is -0.119. The number of nitrogens with one attached hydrogen (secondary N) is 2. The molecule has 3 aromatic heterocycles. The molecule has 37 heavy (non-hydrogen) atoms. The van der Waals surface area contributed by atoms with Crippen LogP contribution in [0, 0.1) is 13.8 Å². The van der Waals surface area contributed by atoms with Crippen LogP contribution < -0.4 is 15.5 Å². The molecular weight excluding hydrogens is 484 g/mol. The summed E-state index contributed by atoms with van der Waals surface area (Å²) < 4.78 is 7.12. The van der Waals surface area contributed by atoms with Gasteiger partial charge in [0.05, 0.1) is 29.7 Å². The van der Waals surface area contributed by atoms with E-state index in [2.05, 4.69) is 56.0 Å². The van der Waals surface area contributed by atoms with Gasteiger partial charge in [-0.2, -0.15) is 0 Å². The lowest BCUT2D eigenvalue weighted by Gasteiger charge is -2.28. The number of carbonyl (C=O) groups excluding carboxylic acids is 1. The van der Waals surface area contributed by atoms with Gasteiger partial charge in [0.1, 0.15) is 6.61 Å². The highest BCUT2D eigenvalue weighted by Crippen LogP contribution is 2.43. The molecule has 1 amide bonds. The lowest BCUT2D eigenvalue weighted by Crippen LogP contribution is -2.29. The molecule has 2 N–H and O–H groups in total. The molecule has 0 unspecified atom stereocenters. The van der Waals surface area contributed by atoms with E-state index in [0.717, 1.165) is 34.0 Å². The molecule has 1 aromatic carbocycles. The first kappa shape index (κ1) is 24.6. The zero-order valence-corrected chi connectivity index (χ0v) is 21.7. The Morgan fingerprint density at radius 1 is 1.08 bits per heavy atom. The Bertz CT molecular complexity index is 1410. The van der Waals surface area contributed by atoms with Crippen molar-refractivity contribution in [3.63, 3.8) is 0 Å². The lowest BCUT2D eigenvalue weighted by atomic mass is 9.96. The minimum atomic E-state index is -0.204. The zero-order chi connectivity index (χ0) is 25.9. The molecule has 0 radical (unpaired) electrons. The highest BCUT2D eigenvalue weighted by atomic mass is 32.1. The van der Waals surface area contributed by atoms with Gasteiger partial charge in [0.2, 0.25) is 5.91 Å². The fraction of sp³-hybridized carbons (Fsp3) is 0.214. The van der Waals surface area contributed by atoms with Gasteiger partial charge in [-0.15, -0.1) is 0 Å². The van der Waals surface area contributed by atoms with E-state index in [9.17, 15) is 4.79 Å². The average Bonchev–Trinajstić information content (AvgIpc) is 3.40. The van der Waals surface area contributed by atoms with E-state index in [1.807, 2.05) is 54.7 Å². The molecule has 0 aliphatic carbocycles. The summed E-state index contributed by atoms with van der Waals surface area (Å²) in [7, 11) is 1.49. The SMILES string of the molecule is COCC(=O)Nc1ccc(N2C(=S)N[C@@H](c3ccccn3)[C@H]2c2cc(C)n(-c3cccnc3)c2C)cc1. The molecular formula is C28H28N6O2S. The van der Waals surface area contributed by atoms with Crippen molar-refractivity contribution < 1.29 is 9.53 Å². The molecule has 0 saturated carbocycles. The largest absolute Gasteiger partial charge is 0.375 e. The van der Waals surface area contributed by atoms with Crippen LogP contribution in [0.15, 0.2) is 79.3 Å². The Hall–Kier alpha value is -4.08. The first-order chi connectivity index (χ1) is 18.0. The van der Waals surface area contributed by atoms with Crippen LogP contribution in [0.3, 0.4) is 0 Å². The summed E-state index contributed by atoms with van der Waals surface area (Å²) in [5, 5.41) is 6.96. The van der Waals surface area contributed by atoms with Crippen molar-refractivity contribution in [3.05, 3.63) is 102 Å². The Morgan fingerprint density at radius 3 is 2.57 bits per heavy atom. The molecule has 1 aliphatic rings. The predicted octanol–water partition coefficient (Wildman–Crippen LogP) is 4.65. The maximum Gasteiger partial charge on any atom is 0.250 e. The third-order valence-corrected chi connectivity index (χ3v) is 6.81. The Balaban J connectivity index is 1.57. The predicted molar refractivity (Wildman–Crippen MR) is 148 cm³/mol. The van der Waals surface area contributed by atoms with Crippen molar-refractivity contribution in [1.82, 2.24) is 19.9 Å². The van der Waals surface area contributed by atoms with Gasteiger partial charge in [0.25, 0.3) is 0 Å². The number of nitrogens with zero attached hydrogens (tertiary/aromatic N) is 4. The number of thiocarbonyl (C=S) groups is 1. The summed E-state index contributed by atoms with van der Waals surface area (Å²) in [6, 6.07) is 19.5. The number of aryl methyl sites for hydroxylation is 1. The van der Waals surface area contributed by atoms with Gasteiger partial charge in [-0.3, -0.25) is 14.8 Å². The number of rotatable bonds is 7. The van der Waals surface area contributed by atoms with Crippen molar-refractivity contribution in [2.45, 2.75) is 25.9 Å². The molecule has 0 bridgehead atoms. The van der Waals surface area contributed by atoms with Crippen molar-refractivity contribution in [1.29, 1.82) is 0 Å². The number of pyridine rings is 2. The van der Waals surface area contributed by atoms with E-state index in [-0.39, 0.29) is 24.6 Å². The van der Waals surface area contributed by atoms with Crippen LogP contribution in [-0.4, -0.2) is 39.3 Å². The monoisotopic (exact) mass is 512 g/mol. The van der Waals surface area contributed by atoms with Gasteiger partial charge < -0.3 is 24.8 Å². The molecule has 8 nitrogen and oxygen atoms in total. The number of aromatic nitrogens is 3. The van der Waals surface area contributed by atoms with Crippen molar-refractivity contribution in [3.8, 4) is 5.69 Å². The van der Waals surface area contributed by atoms with Crippen molar-refractivity contribution in [2.24, 2.45) is 0 Å². The topological polar surface area (TPSA) is 84.3 Å². The first-order valence-electron chi connectivity index (χ1n) is 12.0. The number of benzene rings is 1. The van der Waals surface area contributed by atoms with Crippen molar-refractivity contribution in [2.75, 3.05) is 23.9 Å². The molecule has 4 heterocycles. The summed E-state index contributed by atoms with van der Waals surface area (Å²) in [5.41, 5.74) is 6.88. The second kappa shape index (κ2) is 10.5. The summed E-state index contributed by atoms with van der Waals surface area (Å²) in [5.74, 6) is -0.204. The maximum absolute atomic E-state index is 11.9. The van der Waals surface area contributed by atoms with Gasteiger partial charge in [-0.1, -0.05) is 6.07 Å².